The Hall–Kier alpha value is -1.53. The summed E-state index contributed by atoms with van der Waals surface area (Å²) in [4.78, 5) is 12.2. The van der Waals surface area contributed by atoms with Gasteiger partial charge in [-0.3, -0.25) is 10.1 Å². The lowest BCUT2D eigenvalue weighted by atomic mass is 10.2. The Morgan fingerprint density at radius 3 is 2.75 bits per heavy atom. The van der Waals surface area contributed by atoms with Crippen molar-refractivity contribution >= 4 is 5.69 Å². The molecule has 1 atom stereocenters. The van der Waals surface area contributed by atoms with E-state index in [-0.39, 0.29) is 0 Å². The van der Waals surface area contributed by atoms with Crippen LogP contribution in [0.1, 0.15) is 25.3 Å². The van der Waals surface area contributed by atoms with Gasteiger partial charge < -0.3 is 10.2 Å². The SMILES string of the molecule is CC(CN1CCCC1)NCc1ccc([N+](=O)[O-])c(F)c1. The highest BCUT2D eigenvalue weighted by Gasteiger charge is 2.16. The van der Waals surface area contributed by atoms with Gasteiger partial charge in [-0.25, -0.2) is 0 Å². The molecule has 6 heteroatoms. The van der Waals surface area contributed by atoms with Gasteiger partial charge in [-0.1, -0.05) is 6.07 Å². The van der Waals surface area contributed by atoms with E-state index in [1.807, 2.05) is 0 Å². The summed E-state index contributed by atoms with van der Waals surface area (Å²) in [6, 6.07) is 4.36. The molecule has 0 aromatic heterocycles. The second-order valence-electron chi connectivity index (χ2n) is 5.33. The van der Waals surface area contributed by atoms with Crippen molar-refractivity contribution < 1.29 is 9.31 Å². The first-order valence-electron chi connectivity index (χ1n) is 6.95. The highest BCUT2D eigenvalue weighted by molar-refractivity contribution is 5.34. The van der Waals surface area contributed by atoms with Crippen LogP contribution in [0.25, 0.3) is 0 Å². The molecule has 20 heavy (non-hydrogen) atoms. The number of hydrogen-bond donors (Lipinski definition) is 1. The molecule has 1 saturated heterocycles. The Labute approximate surface area is 117 Å². The Morgan fingerprint density at radius 1 is 1.45 bits per heavy atom. The van der Waals surface area contributed by atoms with Crippen molar-refractivity contribution in [3.8, 4) is 0 Å². The number of hydrogen-bond acceptors (Lipinski definition) is 4. The van der Waals surface area contributed by atoms with Gasteiger partial charge in [0.05, 0.1) is 4.92 Å². The first kappa shape index (κ1) is 14.9. The molecule has 1 N–H and O–H groups in total. The summed E-state index contributed by atoms with van der Waals surface area (Å²) in [5, 5.41) is 13.9. The molecule has 1 unspecified atom stereocenters. The minimum Gasteiger partial charge on any atom is -0.309 e. The van der Waals surface area contributed by atoms with Gasteiger partial charge in [0.2, 0.25) is 5.82 Å². The molecule has 1 aliphatic heterocycles. The Balaban J connectivity index is 1.84. The third kappa shape index (κ3) is 3.98. The maximum absolute atomic E-state index is 13.5. The fourth-order valence-electron chi connectivity index (χ4n) is 2.52. The van der Waals surface area contributed by atoms with Gasteiger partial charge in [-0.2, -0.15) is 4.39 Å². The van der Waals surface area contributed by atoms with E-state index in [1.54, 1.807) is 6.07 Å². The number of halogens is 1. The van der Waals surface area contributed by atoms with Crippen molar-refractivity contribution in [2.45, 2.75) is 32.4 Å². The minimum absolute atomic E-state index is 0.311. The molecule has 0 bridgehead atoms. The third-order valence-corrected chi connectivity index (χ3v) is 3.59. The van der Waals surface area contributed by atoms with Crippen molar-refractivity contribution in [3.05, 3.63) is 39.7 Å². The van der Waals surface area contributed by atoms with Crippen molar-refractivity contribution in [2.75, 3.05) is 19.6 Å². The number of nitro groups is 1. The zero-order valence-electron chi connectivity index (χ0n) is 11.6. The Morgan fingerprint density at radius 2 is 2.15 bits per heavy atom. The average Bonchev–Trinajstić information content (AvgIpc) is 2.89. The molecule has 2 rings (SSSR count). The zero-order chi connectivity index (χ0) is 14.5. The fourth-order valence-corrected chi connectivity index (χ4v) is 2.52. The average molecular weight is 281 g/mol. The standard InChI is InChI=1S/C14H20FN3O2/c1-11(10-17-6-2-3-7-17)16-9-12-4-5-14(18(19)20)13(15)8-12/h4-5,8,11,16H,2-3,6-7,9-10H2,1H3. The smallest absolute Gasteiger partial charge is 0.304 e. The van der Waals surface area contributed by atoms with E-state index in [2.05, 4.69) is 17.1 Å². The van der Waals surface area contributed by atoms with E-state index in [1.165, 1.54) is 25.0 Å². The molecule has 1 aromatic rings. The van der Waals surface area contributed by atoms with Crippen molar-refractivity contribution in [2.24, 2.45) is 0 Å². The Kier molecular flexibility index (Phi) is 5.03. The molecule has 1 aliphatic rings. The first-order chi connectivity index (χ1) is 9.56. The van der Waals surface area contributed by atoms with Crippen LogP contribution in [0, 0.1) is 15.9 Å². The largest absolute Gasteiger partial charge is 0.309 e. The van der Waals surface area contributed by atoms with Crippen LogP contribution < -0.4 is 5.32 Å². The number of nitro benzene ring substituents is 1. The van der Waals surface area contributed by atoms with Crippen LogP contribution in [0.2, 0.25) is 0 Å². The van der Waals surface area contributed by atoms with Gasteiger partial charge in [0.25, 0.3) is 0 Å². The summed E-state index contributed by atoms with van der Waals surface area (Å²) >= 11 is 0. The summed E-state index contributed by atoms with van der Waals surface area (Å²) in [6.07, 6.45) is 2.53. The van der Waals surface area contributed by atoms with Crippen LogP contribution in [0.3, 0.4) is 0 Å². The molecule has 1 aromatic carbocycles. The maximum Gasteiger partial charge on any atom is 0.304 e. The van der Waals surface area contributed by atoms with E-state index in [9.17, 15) is 14.5 Å². The van der Waals surface area contributed by atoms with Crippen molar-refractivity contribution in [1.82, 2.24) is 10.2 Å². The molecule has 1 fully saturated rings. The summed E-state index contributed by atoms with van der Waals surface area (Å²) in [7, 11) is 0. The third-order valence-electron chi connectivity index (χ3n) is 3.59. The van der Waals surface area contributed by atoms with E-state index in [0.29, 0.717) is 12.6 Å². The number of likely N-dealkylation sites (tertiary alicyclic amines) is 1. The predicted octanol–water partition coefficient (Wildman–Crippen LogP) is 2.31. The normalized spacial score (nSPS) is 17.3. The second kappa shape index (κ2) is 6.76. The number of rotatable bonds is 6. The Bertz CT molecular complexity index is 475. The maximum atomic E-state index is 13.5. The molecule has 0 amide bonds. The van der Waals surface area contributed by atoms with Crippen LogP contribution in [0.5, 0.6) is 0 Å². The molecule has 0 saturated carbocycles. The lowest BCUT2D eigenvalue weighted by Crippen LogP contribution is -2.37. The summed E-state index contributed by atoms with van der Waals surface area (Å²) in [5.74, 6) is -0.776. The van der Waals surface area contributed by atoms with Crippen molar-refractivity contribution in [3.63, 3.8) is 0 Å². The molecule has 0 aliphatic carbocycles. The monoisotopic (exact) mass is 281 g/mol. The van der Waals surface area contributed by atoms with E-state index >= 15 is 0 Å². The topological polar surface area (TPSA) is 58.4 Å². The van der Waals surface area contributed by atoms with Gasteiger partial charge in [0, 0.05) is 25.2 Å². The van der Waals surface area contributed by atoms with E-state index in [4.69, 9.17) is 0 Å². The molecule has 110 valence electrons. The van der Waals surface area contributed by atoms with Crippen LogP contribution >= 0.6 is 0 Å². The lowest BCUT2D eigenvalue weighted by molar-refractivity contribution is -0.387. The van der Waals surface area contributed by atoms with Crippen LogP contribution in [0.15, 0.2) is 18.2 Å². The van der Waals surface area contributed by atoms with E-state index in [0.717, 1.165) is 25.2 Å². The predicted molar refractivity (Wildman–Crippen MR) is 75.0 cm³/mol. The molecule has 0 radical (unpaired) electrons. The number of nitrogens with zero attached hydrogens (tertiary/aromatic N) is 2. The van der Waals surface area contributed by atoms with E-state index < -0.39 is 16.4 Å². The quantitative estimate of drug-likeness (QED) is 0.642. The van der Waals surface area contributed by atoms with Crippen molar-refractivity contribution in [1.29, 1.82) is 0 Å². The van der Waals surface area contributed by atoms with Crippen LogP contribution in [-0.4, -0.2) is 35.5 Å². The summed E-state index contributed by atoms with van der Waals surface area (Å²) in [5.41, 5.74) is 0.250. The van der Waals surface area contributed by atoms with Gasteiger partial charge >= 0.3 is 5.69 Å². The van der Waals surface area contributed by atoms with Crippen LogP contribution in [0.4, 0.5) is 10.1 Å². The van der Waals surface area contributed by atoms with Gasteiger partial charge in [0.1, 0.15) is 0 Å². The molecule has 0 spiro atoms. The highest BCUT2D eigenvalue weighted by Crippen LogP contribution is 2.18. The fraction of sp³-hybridized carbons (Fsp3) is 0.571. The first-order valence-corrected chi connectivity index (χ1v) is 6.95. The zero-order valence-corrected chi connectivity index (χ0v) is 11.6. The second-order valence-corrected chi connectivity index (χ2v) is 5.33. The summed E-state index contributed by atoms with van der Waals surface area (Å²) < 4.78 is 13.5. The summed E-state index contributed by atoms with van der Waals surface area (Å²) in [6.45, 7) is 5.90. The highest BCUT2D eigenvalue weighted by atomic mass is 19.1. The number of benzene rings is 1. The van der Waals surface area contributed by atoms with Gasteiger partial charge in [0.15, 0.2) is 0 Å². The lowest BCUT2D eigenvalue weighted by Gasteiger charge is -2.21. The minimum atomic E-state index is -0.776. The number of nitrogens with one attached hydrogen (secondary N) is 1. The molecule has 5 nitrogen and oxygen atoms in total. The van der Waals surface area contributed by atoms with Gasteiger partial charge in [-0.05, 0) is 44.5 Å². The molecule has 1 heterocycles. The van der Waals surface area contributed by atoms with Crippen LogP contribution in [-0.2, 0) is 6.54 Å². The van der Waals surface area contributed by atoms with Gasteiger partial charge in [-0.15, -0.1) is 0 Å². The molecular formula is C14H20FN3O2. The molecular weight excluding hydrogens is 261 g/mol.